The number of carbonyl (C=O) groups excluding carboxylic acids is 2. The van der Waals surface area contributed by atoms with Gasteiger partial charge in [0.05, 0.1) is 23.6 Å². The zero-order valence-electron chi connectivity index (χ0n) is 19.1. The number of amides is 1. The second kappa shape index (κ2) is 10.3. The fourth-order valence-corrected chi connectivity index (χ4v) is 2.64. The van der Waals surface area contributed by atoms with Gasteiger partial charge < -0.3 is 19.5 Å². The smallest absolute Gasteiger partial charge is 0.416 e. The Morgan fingerprint density at radius 2 is 1.52 bits per heavy atom. The molecule has 0 radical (unpaired) electrons. The Kier molecular flexibility index (Phi) is 8.93. The number of hydrogen-bond donors (Lipinski definition) is 1. The summed E-state index contributed by atoms with van der Waals surface area (Å²) in [6.07, 6.45) is -5.21. The summed E-state index contributed by atoms with van der Waals surface area (Å²) in [5.74, 6) is -1.07. The van der Waals surface area contributed by atoms with Crippen molar-refractivity contribution in [3.8, 4) is 0 Å². The van der Waals surface area contributed by atoms with Gasteiger partial charge in [0.25, 0.3) is 0 Å². The Labute approximate surface area is 181 Å². The van der Waals surface area contributed by atoms with Gasteiger partial charge in [0, 0.05) is 13.0 Å². The summed E-state index contributed by atoms with van der Waals surface area (Å²) in [6.45, 7) is 10.0. The van der Waals surface area contributed by atoms with E-state index in [1.165, 1.54) is 19.2 Å². The van der Waals surface area contributed by atoms with Crippen LogP contribution in [0.15, 0.2) is 24.3 Å². The summed E-state index contributed by atoms with van der Waals surface area (Å²) in [5.41, 5.74) is -1.82. The third-order valence-electron chi connectivity index (χ3n) is 4.21. The fraction of sp³-hybridized carbons (Fsp3) is 0.636. The van der Waals surface area contributed by atoms with Gasteiger partial charge in [-0.3, -0.25) is 4.79 Å². The van der Waals surface area contributed by atoms with Crippen LogP contribution in [-0.2, 0) is 25.2 Å². The van der Waals surface area contributed by atoms with Crippen LogP contribution in [0.2, 0.25) is 0 Å². The highest BCUT2D eigenvalue weighted by molar-refractivity contribution is 5.75. The van der Waals surface area contributed by atoms with Crippen LogP contribution in [0.5, 0.6) is 0 Å². The van der Waals surface area contributed by atoms with E-state index in [0.717, 1.165) is 12.1 Å². The zero-order chi connectivity index (χ0) is 24.0. The molecule has 0 saturated heterocycles. The van der Waals surface area contributed by atoms with Gasteiger partial charge in [0.1, 0.15) is 12.2 Å². The van der Waals surface area contributed by atoms with Crippen LogP contribution >= 0.6 is 0 Å². The van der Waals surface area contributed by atoms with Crippen molar-refractivity contribution in [2.45, 2.75) is 65.3 Å². The van der Waals surface area contributed by atoms with E-state index in [1.807, 2.05) is 0 Å². The van der Waals surface area contributed by atoms with Crippen molar-refractivity contribution in [3.05, 3.63) is 35.4 Å². The first-order chi connectivity index (χ1) is 14.0. The highest BCUT2D eigenvalue weighted by Gasteiger charge is 2.33. The third-order valence-corrected chi connectivity index (χ3v) is 4.21. The van der Waals surface area contributed by atoms with Crippen molar-refractivity contribution < 1.29 is 37.0 Å². The van der Waals surface area contributed by atoms with Gasteiger partial charge in [0.15, 0.2) is 0 Å². The number of alkyl carbamates (subject to hydrolysis) is 1. The molecule has 176 valence electrons. The van der Waals surface area contributed by atoms with E-state index in [-0.39, 0.29) is 13.2 Å². The van der Waals surface area contributed by atoms with Crippen molar-refractivity contribution in [2.24, 2.45) is 5.41 Å². The molecule has 1 amide bonds. The fourth-order valence-electron chi connectivity index (χ4n) is 2.64. The van der Waals surface area contributed by atoms with Crippen LogP contribution in [0.25, 0.3) is 0 Å². The van der Waals surface area contributed by atoms with Crippen molar-refractivity contribution in [2.75, 3.05) is 20.3 Å². The van der Waals surface area contributed by atoms with Crippen molar-refractivity contribution in [1.29, 1.82) is 0 Å². The van der Waals surface area contributed by atoms with E-state index in [9.17, 15) is 22.8 Å². The minimum atomic E-state index is -4.47. The monoisotopic (exact) mass is 447 g/mol. The molecule has 1 rings (SSSR count). The standard InChI is InChI=1S/C22H32F3NO5/c1-20(2,3)18(27)30-13-17(26-19(28)31-21(4,5)6)16(12-29-7)14-8-10-15(11-9-14)22(23,24)25/h8-11,16-17H,12-13H2,1-7H3,(H,26,28)/t16-,17+/m1/s1. The van der Waals surface area contributed by atoms with Crippen LogP contribution in [0.4, 0.5) is 18.0 Å². The minimum Gasteiger partial charge on any atom is -0.463 e. The number of nitrogens with one attached hydrogen (secondary N) is 1. The number of rotatable bonds is 7. The van der Waals surface area contributed by atoms with E-state index in [1.54, 1.807) is 41.5 Å². The van der Waals surface area contributed by atoms with Crippen LogP contribution in [0.3, 0.4) is 0 Å². The molecule has 31 heavy (non-hydrogen) atoms. The second-order valence-electron chi connectivity index (χ2n) is 9.28. The lowest BCUT2D eigenvalue weighted by Gasteiger charge is -2.30. The van der Waals surface area contributed by atoms with Gasteiger partial charge >= 0.3 is 18.2 Å². The largest absolute Gasteiger partial charge is 0.463 e. The first kappa shape index (κ1) is 26.7. The summed E-state index contributed by atoms with van der Waals surface area (Å²) >= 11 is 0. The first-order valence-electron chi connectivity index (χ1n) is 9.87. The third kappa shape index (κ3) is 9.16. The van der Waals surface area contributed by atoms with Gasteiger partial charge in [-0.2, -0.15) is 13.2 Å². The quantitative estimate of drug-likeness (QED) is 0.601. The molecule has 0 spiro atoms. The average molecular weight is 447 g/mol. The Hall–Kier alpha value is -2.29. The maximum atomic E-state index is 12.9. The molecular formula is C22H32F3NO5. The zero-order valence-corrected chi connectivity index (χ0v) is 19.1. The molecule has 1 aromatic rings. The number of benzene rings is 1. The summed E-state index contributed by atoms with van der Waals surface area (Å²) in [4.78, 5) is 24.6. The summed E-state index contributed by atoms with van der Waals surface area (Å²) in [6, 6.07) is 3.77. The number of alkyl halides is 3. The van der Waals surface area contributed by atoms with E-state index >= 15 is 0 Å². The summed E-state index contributed by atoms with van der Waals surface area (Å²) in [7, 11) is 1.43. The van der Waals surface area contributed by atoms with E-state index in [0.29, 0.717) is 5.56 Å². The minimum absolute atomic E-state index is 0.0684. The Morgan fingerprint density at radius 1 is 0.968 bits per heavy atom. The molecule has 0 bridgehead atoms. The molecule has 9 heteroatoms. The van der Waals surface area contributed by atoms with Crippen molar-refractivity contribution in [3.63, 3.8) is 0 Å². The molecule has 0 aromatic heterocycles. The highest BCUT2D eigenvalue weighted by atomic mass is 19.4. The van der Waals surface area contributed by atoms with Gasteiger partial charge in [0.2, 0.25) is 0 Å². The summed E-state index contributed by atoms with van der Waals surface area (Å²) < 4.78 is 54.7. The molecule has 1 aromatic carbocycles. The number of methoxy groups -OCH3 is 1. The molecule has 0 aliphatic rings. The number of halogens is 3. The molecule has 6 nitrogen and oxygen atoms in total. The molecule has 0 unspecified atom stereocenters. The van der Waals surface area contributed by atoms with E-state index in [2.05, 4.69) is 5.32 Å². The van der Waals surface area contributed by atoms with Crippen LogP contribution in [0.1, 0.15) is 58.6 Å². The van der Waals surface area contributed by atoms with Crippen molar-refractivity contribution in [1.82, 2.24) is 5.32 Å². The lowest BCUT2D eigenvalue weighted by Crippen LogP contribution is -2.46. The molecule has 0 fully saturated rings. The molecule has 0 heterocycles. The maximum absolute atomic E-state index is 12.9. The van der Waals surface area contributed by atoms with Gasteiger partial charge in [-0.05, 0) is 59.2 Å². The maximum Gasteiger partial charge on any atom is 0.416 e. The molecular weight excluding hydrogens is 415 g/mol. The molecule has 1 N–H and O–H groups in total. The number of hydrogen-bond acceptors (Lipinski definition) is 5. The Balaban J connectivity index is 3.19. The predicted molar refractivity (Wildman–Crippen MR) is 110 cm³/mol. The van der Waals surface area contributed by atoms with E-state index < -0.39 is 46.8 Å². The molecule has 0 aliphatic carbocycles. The number of carbonyl (C=O) groups is 2. The Morgan fingerprint density at radius 3 is 1.94 bits per heavy atom. The Bertz CT molecular complexity index is 733. The molecule has 2 atom stereocenters. The van der Waals surface area contributed by atoms with Crippen LogP contribution < -0.4 is 5.32 Å². The topological polar surface area (TPSA) is 73.9 Å². The average Bonchev–Trinajstić information content (AvgIpc) is 2.60. The first-order valence-corrected chi connectivity index (χ1v) is 9.87. The van der Waals surface area contributed by atoms with Gasteiger partial charge in [-0.25, -0.2) is 4.79 Å². The predicted octanol–water partition coefficient (Wildman–Crippen LogP) is 4.92. The van der Waals surface area contributed by atoms with E-state index in [4.69, 9.17) is 14.2 Å². The molecule has 0 aliphatic heterocycles. The lowest BCUT2D eigenvalue weighted by molar-refractivity contribution is -0.154. The van der Waals surface area contributed by atoms with Crippen LogP contribution in [0, 0.1) is 5.41 Å². The van der Waals surface area contributed by atoms with Gasteiger partial charge in [-0.1, -0.05) is 12.1 Å². The number of esters is 1. The number of ether oxygens (including phenoxy) is 3. The van der Waals surface area contributed by atoms with Gasteiger partial charge in [-0.15, -0.1) is 0 Å². The SMILES string of the molecule is COC[C@H](c1ccc(C(F)(F)F)cc1)[C@H](COC(=O)C(C)(C)C)NC(=O)OC(C)(C)C. The lowest BCUT2D eigenvalue weighted by atomic mass is 9.91. The second-order valence-corrected chi connectivity index (χ2v) is 9.28. The van der Waals surface area contributed by atoms with Crippen molar-refractivity contribution >= 4 is 12.1 Å². The highest BCUT2D eigenvalue weighted by Crippen LogP contribution is 2.31. The molecule has 0 saturated carbocycles. The van der Waals surface area contributed by atoms with Crippen LogP contribution in [-0.4, -0.2) is 44.0 Å². The summed E-state index contributed by atoms with van der Waals surface area (Å²) in [5, 5.41) is 2.67. The normalized spacial score (nSPS) is 14.5.